The van der Waals surface area contributed by atoms with E-state index in [9.17, 15) is 9.59 Å². The number of carbonyl (C=O) groups is 1. The predicted octanol–water partition coefficient (Wildman–Crippen LogP) is 0.544. The second-order valence-electron chi connectivity index (χ2n) is 7.30. The number of amides is 1. The zero-order chi connectivity index (χ0) is 20.2. The number of quaternary nitrogens is 1. The minimum atomic E-state index is -0.156. The van der Waals surface area contributed by atoms with E-state index in [0.717, 1.165) is 17.0 Å². The van der Waals surface area contributed by atoms with E-state index in [4.69, 9.17) is 4.74 Å². The standard InChI is InChI=1S/C22H24N4O3/c1-29-13-12-25(14-20-23-18-8-4-3-7-17(18)22(28)24-20)15-21(27)26-11-10-16-6-2-5-9-19(16)26/h2-9H,10-15H2,1H3,(H,23,24,28)/p+1. The van der Waals surface area contributed by atoms with Gasteiger partial charge >= 0.3 is 0 Å². The minimum absolute atomic E-state index is 0.0733. The van der Waals surface area contributed by atoms with E-state index >= 15 is 0 Å². The molecule has 2 N–H and O–H groups in total. The van der Waals surface area contributed by atoms with E-state index in [1.165, 1.54) is 5.56 Å². The Bertz CT molecular complexity index is 1080. The van der Waals surface area contributed by atoms with Gasteiger partial charge in [0.05, 0.1) is 17.5 Å². The van der Waals surface area contributed by atoms with Crippen LogP contribution >= 0.6 is 0 Å². The number of hydrogen-bond donors (Lipinski definition) is 2. The minimum Gasteiger partial charge on any atom is -0.379 e. The molecule has 0 fully saturated rings. The lowest BCUT2D eigenvalue weighted by molar-refractivity contribution is -0.906. The summed E-state index contributed by atoms with van der Waals surface area (Å²) in [5, 5.41) is 0.569. The zero-order valence-corrected chi connectivity index (χ0v) is 16.5. The number of nitrogens with zero attached hydrogens (tertiary/aromatic N) is 2. The van der Waals surface area contributed by atoms with Gasteiger partial charge in [-0.3, -0.25) is 9.59 Å². The van der Waals surface area contributed by atoms with Crippen LogP contribution in [0.4, 0.5) is 5.69 Å². The highest BCUT2D eigenvalue weighted by Crippen LogP contribution is 2.27. The molecule has 7 nitrogen and oxygen atoms in total. The van der Waals surface area contributed by atoms with E-state index < -0.39 is 0 Å². The maximum Gasteiger partial charge on any atom is 0.282 e. The molecule has 1 unspecified atom stereocenters. The van der Waals surface area contributed by atoms with E-state index in [1.807, 2.05) is 41.3 Å². The van der Waals surface area contributed by atoms with Gasteiger partial charge in [-0.25, -0.2) is 4.98 Å². The molecule has 1 atom stereocenters. The van der Waals surface area contributed by atoms with Crippen molar-refractivity contribution in [1.29, 1.82) is 0 Å². The Balaban J connectivity index is 1.52. The summed E-state index contributed by atoms with van der Waals surface area (Å²) in [6.45, 7) is 2.64. The lowest BCUT2D eigenvalue weighted by Gasteiger charge is -2.22. The van der Waals surface area contributed by atoms with E-state index in [-0.39, 0.29) is 11.5 Å². The molecule has 0 radical (unpaired) electrons. The van der Waals surface area contributed by atoms with Crippen LogP contribution in [0.25, 0.3) is 10.9 Å². The monoisotopic (exact) mass is 393 g/mol. The van der Waals surface area contributed by atoms with Crippen LogP contribution in [0.1, 0.15) is 11.4 Å². The number of fused-ring (bicyclic) bond motifs is 2. The second kappa shape index (κ2) is 8.55. The highest BCUT2D eigenvalue weighted by atomic mass is 16.5. The molecule has 1 aliphatic heterocycles. The molecule has 1 amide bonds. The van der Waals surface area contributed by atoms with E-state index in [1.54, 1.807) is 13.2 Å². The highest BCUT2D eigenvalue weighted by Gasteiger charge is 2.27. The van der Waals surface area contributed by atoms with Gasteiger partial charge in [0.25, 0.3) is 11.5 Å². The van der Waals surface area contributed by atoms with Crippen molar-refractivity contribution in [3.8, 4) is 0 Å². The molecule has 0 spiro atoms. The Kier molecular flexibility index (Phi) is 5.69. The number of nitrogens with one attached hydrogen (secondary N) is 2. The fourth-order valence-corrected chi connectivity index (χ4v) is 3.85. The lowest BCUT2D eigenvalue weighted by Crippen LogP contribution is -3.12. The number of carbonyl (C=O) groups excluding carboxylic acids is 1. The maximum atomic E-state index is 13.0. The SMILES string of the molecule is COCC[NH+](CC(=O)N1CCc2ccccc21)Cc1nc2ccccc2c(=O)[nH]1. The fourth-order valence-electron chi connectivity index (χ4n) is 3.85. The summed E-state index contributed by atoms with van der Waals surface area (Å²) in [4.78, 5) is 35.7. The molecular formula is C22H25N4O3+. The van der Waals surface area contributed by atoms with Gasteiger partial charge in [-0.05, 0) is 30.2 Å². The molecule has 2 aromatic carbocycles. The molecule has 29 heavy (non-hydrogen) atoms. The predicted molar refractivity (Wildman–Crippen MR) is 111 cm³/mol. The van der Waals surface area contributed by atoms with Crippen molar-refractivity contribution >= 4 is 22.5 Å². The number of rotatable bonds is 7. The van der Waals surface area contributed by atoms with Crippen molar-refractivity contribution in [1.82, 2.24) is 9.97 Å². The summed E-state index contributed by atoms with van der Waals surface area (Å²) in [6.07, 6.45) is 0.884. The van der Waals surface area contributed by atoms with Crippen molar-refractivity contribution in [3.05, 3.63) is 70.3 Å². The van der Waals surface area contributed by atoms with Crippen LogP contribution in [0, 0.1) is 0 Å². The molecule has 3 aromatic rings. The molecule has 2 heterocycles. The third-order valence-corrected chi connectivity index (χ3v) is 5.33. The first-order valence-corrected chi connectivity index (χ1v) is 9.84. The molecule has 4 rings (SSSR count). The summed E-state index contributed by atoms with van der Waals surface area (Å²) in [6, 6.07) is 15.3. The maximum absolute atomic E-state index is 13.0. The highest BCUT2D eigenvalue weighted by molar-refractivity contribution is 5.96. The van der Waals surface area contributed by atoms with Crippen molar-refractivity contribution in [2.24, 2.45) is 0 Å². The quantitative estimate of drug-likeness (QED) is 0.614. The van der Waals surface area contributed by atoms with Gasteiger partial charge in [-0.1, -0.05) is 30.3 Å². The molecule has 0 saturated heterocycles. The molecule has 0 saturated carbocycles. The number of methoxy groups -OCH3 is 1. The number of para-hydroxylation sites is 2. The largest absolute Gasteiger partial charge is 0.379 e. The Morgan fingerprint density at radius 3 is 2.86 bits per heavy atom. The van der Waals surface area contributed by atoms with E-state index in [0.29, 0.717) is 49.5 Å². The third-order valence-electron chi connectivity index (χ3n) is 5.33. The Morgan fingerprint density at radius 1 is 1.21 bits per heavy atom. The first-order valence-electron chi connectivity index (χ1n) is 9.84. The summed E-state index contributed by atoms with van der Waals surface area (Å²) in [5.74, 6) is 0.651. The molecule has 1 aliphatic rings. The number of benzene rings is 2. The van der Waals surface area contributed by atoms with Crippen LogP contribution in [0.3, 0.4) is 0 Å². The molecule has 150 valence electrons. The number of aromatic amines is 1. The second-order valence-corrected chi connectivity index (χ2v) is 7.30. The average molecular weight is 393 g/mol. The molecule has 1 aromatic heterocycles. The van der Waals surface area contributed by atoms with Gasteiger partial charge < -0.3 is 19.5 Å². The number of ether oxygens (including phenoxy) is 1. The van der Waals surface area contributed by atoms with Gasteiger partial charge in [-0.15, -0.1) is 0 Å². The van der Waals surface area contributed by atoms with Crippen LogP contribution in [-0.4, -0.2) is 49.2 Å². The summed E-state index contributed by atoms with van der Waals surface area (Å²) in [5.41, 5.74) is 2.72. The van der Waals surface area contributed by atoms with Crippen molar-refractivity contribution in [3.63, 3.8) is 0 Å². The number of aromatic nitrogens is 2. The Hall–Kier alpha value is -3.03. The van der Waals surface area contributed by atoms with Crippen molar-refractivity contribution in [2.45, 2.75) is 13.0 Å². The normalized spacial score (nSPS) is 14.2. The molecule has 0 bridgehead atoms. The van der Waals surface area contributed by atoms with Crippen LogP contribution in [-0.2, 0) is 22.5 Å². The summed E-state index contributed by atoms with van der Waals surface area (Å²) < 4.78 is 5.23. The van der Waals surface area contributed by atoms with Gasteiger partial charge in [0.2, 0.25) is 0 Å². The van der Waals surface area contributed by atoms with E-state index in [2.05, 4.69) is 16.0 Å². The fraction of sp³-hybridized carbons (Fsp3) is 0.318. The topological polar surface area (TPSA) is 79.7 Å². The zero-order valence-electron chi connectivity index (χ0n) is 16.5. The van der Waals surface area contributed by atoms with Crippen LogP contribution in [0.5, 0.6) is 0 Å². The van der Waals surface area contributed by atoms with Crippen molar-refractivity contribution < 1.29 is 14.4 Å². The smallest absolute Gasteiger partial charge is 0.282 e. The molecule has 7 heteroatoms. The number of anilines is 1. The Morgan fingerprint density at radius 2 is 2.00 bits per heavy atom. The van der Waals surface area contributed by atoms with Crippen LogP contribution < -0.4 is 15.4 Å². The van der Waals surface area contributed by atoms with Crippen molar-refractivity contribution in [2.75, 3.05) is 38.3 Å². The number of hydrogen-bond acceptors (Lipinski definition) is 4. The van der Waals surface area contributed by atoms with Gasteiger partial charge in [0, 0.05) is 19.3 Å². The first kappa shape index (κ1) is 19.3. The molecular weight excluding hydrogens is 368 g/mol. The Labute approximate surface area is 168 Å². The molecule has 0 aliphatic carbocycles. The van der Waals surface area contributed by atoms with Crippen LogP contribution in [0.2, 0.25) is 0 Å². The number of H-pyrrole nitrogens is 1. The first-order chi connectivity index (χ1) is 14.2. The lowest BCUT2D eigenvalue weighted by atomic mass is 10.2. The third kappa shape index (κ3) is 4.21. The average Bonchev–Trinajstić information content (AvgIpc) is 3.16. The van der Waals surface area contributed by atoms with Gasteiger partial charge in [0.15, 0.2) is 12.4 Å². The van der Waals surface area contributed by atoms with Crippen LogP contribution in [0.15, 0.2) is 53.3 Å². The summed E-state index contributed by atoms with van der Waals surface area (Å²) >= 11 is 0. The van der Waals surface area contributed by atoms with Gasteiger partial charge in [-0.2, -0.15) is 0 Å². The van der Waals surface area contributed by atoms with Gasteiger partial charge in [0.1, 0.15) is 13.1 Å². The summed E-state index contributed by atoms with van der Waals surface area (Å²) in [7, 11) is 1.65.